The highest BCUT2D eigenvalue weighted by molar-refractivity contribution is 6.31. The summed E-state index contributed by atoms with van der Waals surface area (Å²) in [6, 6.07) is 15.1. The van der Waals surface area contributed by atoms with E-state index in [1.165, 1.54) is 0 Å². The number of halogens is 2. The van der Waals surface area contributed by atoms with Crippen LogP contribution in [0.15, 0.2) is 54.7 Å². The number of hydrogen-bond donors (Lipinski definition) is 0. The predicted octanol–water partition coefficient (Wildman–Crippen LogP) is 4.92. The fourth-order valence-electron chi connectivity index (χ4n) is 1.99. The molecule has 2 nitrogen and oxygen atoms in total. The lowest BCUT2D eigenvalue weighted by Gasteiger charge is -2.08. The van der Waals surface area contributed by atoms with E-state index >= 15 is 0 Å². The molecule has 0 aliphatic rings. The standard InChI is InChI=1S/C16H9Cl2N2/c17-13-6-4-11(5-7-13)15-9-19-10-20-16(15)12-2-1-3-14(18)8-12/h1-9H. The predicted molar refractivity (Wildman–Crippen MR) is 81.8 cm³/mol. The summed E-state index contributed by atoms with van der Waals surface area (Å²) < 4.78 is 0. The summed E-state index contributed by atoms with van der Waals surface area (Å²) >= 11 is 12.0. The van der Waals surface area contributed by atoms with Crippen LogP contribution in [0, 0.1) is 6.33 Å². The van der Waals surface area contributed by atoms with Crippen LogP contribution in [0.5, 0.6) is 0 Å². The van der Waals surface area contributed by atoms with Gasteiger partial charge in [-0.05, 0) is 29.8 Å². The third kappa shape index (κ3) is 2.67. The molecule has 0 N–H and O–H groups in total. The van der Waals surface area contributed by atoms with Crippen molar-refractivity contribution in [2.24, 2.45) is 0 Å². The molecule has 97 valence electrons. The summed E-state index contributed by atoms with van der Waals surface area (Å²) in [5, 5.41) is 1.37. The molecular formula is C16H9Cl2N2. The number of aromatic nitrogens is 2. The Morgan fingerprint density at radius 3 is 2.40 bits per heavy atom. The summed E-state index contributed by atoms with van der Waals surface area (Å²) in [4.78, 5) is 8.25. The first-order valence-electron chi connectivity index (χ1n) is 5.99. The Balaban J connectivity index is 2.16. The molecule has 0 saturated carbocycles. The monoisotopic (exact) mass is 299 g/mol. The van der Waals surface area contributed by atoms with E-state index in [0.717, 1.165) is 22.4 Å². The summed E-state index contributed by atoms with van der Waals surface area (Å²) in [5.74, 6) is 0. The van der Waals surface area contributed by atoms with Gasteiger partial charge in [-0.15, -0.1) is 0 Å². The molecule has 0 aliphatic carbocycles. The van der Waals surface area contributed by atoms with Crippen LogP contribution in [-0.2, 0) is 0 Å². The molecule has 0 saturated heterocycles. The summed E-state index contributed by atoms with van der Waals surface area (Å²) in [6.07, 6.45) is 4.37. The Morgan fingerprint density at radius 1 is 0.850 bits per heavy atom. The third-order valence-electron chi connectivity index (χ3n) is 2.92. The smallest absolute Gasteiger partial charge is 0.198 e. The van der Waals surface area contributed by atoms with Crippen LogP contribution in [0.25, 0.3) is 22.4 Å². The van der Waals surface area contributed by atoms with Gasteiger partial charge < -0.3 is 0 Å². The van der Waals surface area contributed by atoms with Crippen molar-refractivity contribution in [3.05, 3.63) is 71.1 Å². The van der Waals surface area contributed by atoms with Gasteiger partial charge in [0.25, 0.3) is 0 Å². The minimum Gasteiger partial charge on any atom is -0.233 e. The van der Waals surface area contributed by atoms with E-state index in [4.69, 9.17) is 23.2 Å². The van der Waals surface area contributed by atoms with E-state index in [-0.39, 0.29) is 0 Å². The SMILES string of the molecule is Clc1ccc(-c2cn[c]nc2-c2cccc(Cl)c2)cc1. The van der Waals surface area contributed by atoms with E-state index in [1.54, 1.807) is 6.20 Å². The van der Waals surface area contributed by atoms with Crippen molar-refractivity contribution < 1.29 is 0 Å². The highest BCUT2D eigenvalue weighted by atomic mass is 35.5. The second-order valence-electron chi connectivity index (χ2n) is 4.25. The van der Waals surface area contributed by atoms with Crippen LogP contribution < -0.4 is 0 Å². The second kappa shape index (κ2) is 5.61. The Labute approximate surface area is 127 Å². The highest BCUT2D eigenvalue weighted by Crippen LogP contribution is 2.31. The largest absolute Gasteiger partial charge is 0.233 e. The zero-order chi connectivity index (χ0) is 13.9. The Bertz CT molecular complexity index is 739. The number of rotatable bonds is 2. The molecule has 0 fully saturated rings. The van der Waals surface area contributed by atoms with Crippen LogP contribution in [-0.4, -0.2) is 9.97 Å². The van der Waals surface area contributed by atoms with Crippen molar-refractivity contribution in [3.63, 3.8) is 0 Å². The minimum atomic E-state index is 0.670. The van der Waals surface area contributed by atoms with Crippen LogP contribution in [0.4, 0.5) is 0 Å². The Hall–Kier alpha value is -1.90. The maximum atomic E-state index is 6.04. The number of hydrogen-bond acceptors (Lipinski definition) is 2. The lowest BCUT2D eigenvalue weighted by Crippen LogP contribution is -1.91. The number of nitrogens with zero attached hydrogens (tertiary/aromatic N) is 2. The first-order chi connectivity index (χ1) is 9.74. The lowest BCUT2D eigenvalue weighted by molar-refractivity contribution is 1.16. The molecule has 0 atom stereocenters. The Morgan fingerprint density at radius 2 is 1.65 bits per heavy atom. The molecule has 1 radical (unpaired) electrons. The van der Waals surface area contributed by atoms with Gasteiger partial charge in [0.2, 0.25) is 0 Å². The van der Waals surface area contributed by atoms with Crippen molar-refractivity contribution in [2.75, 3.05) is 0 Å². The molecule has 20 heavy (non-hydrogen) atoms. The van der Waals surface area contributed by atoms with Gasteiger partial charge in [-0.3, -0.25) is 0 Å². The fraction of sp³-hybridized carbons (Fsp3) is 0. The van der Waals surface area contributed by atoms with E-state index < -0.39 is 0 Å². The van der Waals surface area contributed by atoms with Crippen LogP contribution in [0.2, 0.25) is 10.0 Å². The quantitative estimate of drug-likeness (QED) is 0.671. The molecule has 3 rings (SSSR count). The van der Waals surface area contributed by atoms with E-state index in [1.807, 2.05) is 48.5 Å². The highest BCUT2D eigenvalue weighted by Gasteiger charge is 2.09. The zero-order valence-electron chi connectivity index (χ0n) is 10.3. The van der Waals surface area contributed by atoms with Gasteiger partial charge in [-0.2, -0.15) is 0 Å². The van der Waals surface area contributed by atoms with Gasteiger partial charge in [0.15, 0.2) is 6.33 Å². The van der Waals surface area contributed by atoms with Crippen LogP contribution >= 0.6 is 23.2 Å². The van der Waals surface area contributed by atoms with Gasteiger partial charge in [0, 0.05) is 27.4 Å². The molecule has 0 aliphatic heterocycles. The molecule has 0 amide bonds. The molecule has 3 aromatic rings. The summed E-state index contributed by atoms with van der Waals surface area (Å²) in [7, 11) is 0. The van der Waals surface area contributed by atoms with Gasteiger partial charge in [0.05, 0.1) is 5.69 Å². The summed E-state index contributed by atoms with van der Waals surface area (Å²) in [5.41, 5.74) is 3.65. The molecular weight excluding hydrogens is 291 g/mol. The lowest BCUT2D eigenvalue weighted by atomic mass is 10.0. The minimum absolute atomic E-state index is 0.670. The van der Waals surface area contributed by atoms with Crippen molar-refractivity contribution in [2.45, 2.75) is 0 Å². The zero-order valence-corrected chi connectivity index (χ0v) is 11.9. The average molecular weight is 300 g/mol. The molecule has 1 heterocycles. The average Bonchev–Trinajstić information content (AvgIpc) is 2.48. The fourth-order valence-corrected chi connectivity index (χ4v) is 2.31. The Kier molecular flexibility index (Phi) is 3.68. The van der Waals surface area contributed by atoms with Crippen molar-refractivity contribution in [1.82, 2.24) is 9.97 Å². The summed E-state index contributed by atoms with van der Waals surface area (Å²) in [6.45, 7) is 0. The third-order valence-corrected chi connectivity index (χ3v) is 3.41. The normalized spacial score (nSPS) is 10.5. The van der Waals surface area contributed by atoms with E-state index in [9.17, 15) is 0 Å². The molecule has 0 bridgehead atoms. The molecule has 1 aromatic heterocycles. The van der Waals surface area contributed by atoms with Crippen LogP contribution in [0.3, 0.4) is 0 Å². The molecule has 4 heteroatoms. The second-order valence-corrected chi connectivity index (χ2v) is 5.12. The molecule has 0 spiro atoms. The maximum absolute atomic E-state index is 6.04. The molecule has 0 unspecified atom stereocenters. The first kappa shape index (κ1) is 13.1. The first-order valence-corrected chi connectivity index (χ1v) is 6.74. The van der Waals surface area contributed by atoms with Gasteiger partial charge in [0.1, 0.15) is 0 Å². The van der Waals surface area contributed by atoms with E-state index in [0.29, 0.717) is 10.0 Å². The molecule has 2 aromatic carbocycles. The van der Waals surface area contributed by atoms with Crippen molar-refractivity contribution >= 4 is 23.2 Å². The van der Waals surface area contributed by atoms with E-state index in [2.05, 4.69) is 16.3 Å². The van der Waals surface area contributed by atoms with Crippen LogP contribution in [0.1, 0.15) is 0 Å². The maximum Gasteiger partial charge on any atom is 0.198 e. The van der Waals surface area contributed by atoms with Gasteiger partial charge >= 0.3 is 0 Å². The number of benzene rings is 2. The van der Waals surface area contributed by atoms with Gasteiger partial charge in [-0.1, -0.05) is 47.5 Å². The van der Waals surface area contributed by atoms with Gasteiger partial charge in [-0.25, -0.2) is 9.97 Å². The van der Waals surface area contributed by atoms with Crippen molar-refractivity contribution in [3.8, 4) is 22.4 Å². The van der Waals surface area contributed by atoms with Crippen molar-refractivity contribution in [1.29, 1.82) is 0 Å². The topological polar surface area (TPSA) is 25.8 Å².